The minimum Gasteiger partial charge on any atom is -0.492 e. The number of benzene rings is 1. The van der Waals surface area contributed by atoms with E-state index >= 15 is 0 Å². The molecule has 11 nitrogen and oxygen atoms in total. The number of fused-ring (bicyclic) bond motifs is 5. The summed E-state index contributed by atoms with van der Waals surface area (Å²) in [5, 5.41) is 14.5. The highest BCUT2D eigenvalue weighted by atomic mass is 35.5. The predicted molar refractivity (Wildman–Crippen MR) is 116 cm³/mol. The average molecular weight is 528 g/mol. The van der Waals surface area contributed by atoms with Crippen LogP contribution in [0.3, 0.4) is 0 Å². The van der Waals surface area contributed by atoms with Gasteiger partial charge in [-0.25, -0.2) is 0 Å². The molecule has 1 saturated heterocycles. The van der Waals surface area contributed by atoms with Crippen LogP contribution in [0.25, 0.3) is 0 Å². The molecule has 1 N–H and O–H groups in total. The van der Waals surface area contributed by atoms with Crippen molar-refractivity contribution in [1.29, 1.82) is 0 Å². The molecule has 0 saturated carbocycles. The molecule has 15 heteroatoms. The molecule has 36 heavy (non-hydrogen) atoms. The van der Waals surface area contributed by atoms with Gasteiger partial charge in [0.25, 0.3) is 11.7 Å². The highest BCUT2D eigenvalue weighted by Crippen LogP contribution is 2.28. The summed E-state index contributed by atoms with van der Waals surface area (Å²) in [4.78, 5) is 18.2. The summed E-state index contributed by atoms with van der Waals surface area (Å²) in [6.45, 7) is 1.62. The van der Waals surface area contributed by atoms with E-state index in [0.29, 0.717) is 48.1 Å². The molecule has 1 amide bonds. The molecule has 2 aliphatic heterocycles. The Bertz CT molecular complexity index is 1230. The van der Waals surface area contributed by atoms with Gasteiger partial charge in [-0.15, -0.1) is 5.10 Å². The molecule has 4 bridgehead atoms. The minimum absolute atomic E-state index is 0.0373. The van der Waals surface area contributed by atoms with E-state index in [1.165, 1.54) is 0 Å². The molecule has 3 aromatic rings. The summed E-state index contributed by atoms with van der Waals surface area (Å²) in [6.07, 6.45) is -2.78. The van der Waals surface area contributed by atoms with Crippen LogP contribution in [-0.2, 0) is 30.6 Å². The number of amides is 1. The fourth-order valence-electron chi connectivity index (χ4n) is 4.04. The molecule has 0 radical (unpaired) electrons. The van der Waals surface area contributed by atoms with Crippen LogP contribution in [0.4, 0.5) is 13.2 Å². The van der Waals surface area contributed by atoms with Crippen molar-refractivity contribution in [2.24, 2.45) is 0 Å². The third-order valence-corrected chi connectivity index (χ3v) is 6.06. The smallest absolute Gasteiger partial charge is 0.455 e. The van der Waals surface area contributed by atoms with Crippen LogP contribution < -0.4 is 10.1 Å². The monoisotopic (exact) mass is 527 g/mol. The van der Waals surface area contributed by atoms with Crippen LogP contribution in [0.15, 0.2) is 28.9 Å². The topological polar surface area (TPSA) is 120 Å². The molecule has 1 fully saturated rings. The second-order valence-corrected chi connectivity index (χ2v) is 8.86. The van der Waals surface area contributed by atoms with Gasteiger partial charge in [0.1, 0.15) is 11.4 Å². The Balaban J connectivity index is 1.35. The van der Waals surface area contributed by atoms with Crippen molar-refractivity contribution in [3.05, 3.63) is 52.4 Å². The van der Waals surface area contributed by atoms with E-state index in [0.717, 1.165) is 0 Å². The van der Waals surface area contributed by atoms with Crippen molar-refractivity contribution in [3.63, 3.8) is 0 Å². The van der Waals surface area contributed by atoms with Crippen molar-refractivity contribution in [1.82, 2.24) is 35.4 Å². The zero-order chi connectivity index (χ0) is 25.3. The van der Waals surface area contributed by atoms with Crippen LogP contribution in [0.5, 0.6) is 5.75 Å². The number of ether oxygens (including phenoxy) is 2. The van der Waals surface area contributed by atoms with Gasteiger partial charge in [0.05, 0.1) is 43.1 Å². The lowest BCUT2D eigenvalue weighted by Gasteiger charge is -2.20. The number of nitrogens with one attached hydrogen (secondary N) is 1. The summed E-state index contributed by atoms with van der Waals surface area (Å²) < 4.78 is 56.7. The van der Waals surface area contributed by atoms with Gasteiger partial charge in [0.15, 0.2) is 0 Å². The van der Waals surface area contributed by atoms with Gasteiger partial charge < -0.3 is 19.3 Å². The molecule has 1 aromatic carbocycles. The fourth-order valence-corrected chi connectivity index (χ4v) is 4.21. The van der Waals surface area contributed by atoms with E-state index < -0.39 is 24.1 Å². The second kappa shape index (κ2) is 10.0. The molecule has 2 atom stereocenters. The van der Waals surface area contributed by atoms with Gasteiger partial charge >= 0.3 is 6.18 Å². The molecule has 4 heterocycles. The Morgan fingerprint density at radius 2 is 2.11 bits per heavy atom. The predicted octanol–water partition coefficient (Wildman–Crippen LogP) is 2.32. The lowest BCUT2D eigenvalue weighted by molar-refractivity contribution is -0.146. The van der Waals surface area contributed by atoms with E-state index in [-0.39, 0.29) is 31.5 Å². The zero-order valence-corrected chi connectivity index (χ0v) is 19.5. The third-order valence-electron chi connectivity index (χ3n) is 5.75. The number of likely N-dealkylation sites (tertiary alicyclic amines) is 1. The zero-order valence-electron chi connectivity index (χ0n) is 18.7. The lowest BCUT2D eigenvalue weighted by Crippen LogP contribution is -2.44. The number of alkyl halides is 3. The first-order valence-corrected chi connectivity index (χ1v) is 11.5. The third kappa shape index (κ3) is 5.60. The van der Waals surface area contributed by atoms with E-state index in [9.17, 15) is 18.0 Å². The molecule has 2 aromatic heterocycles. The molecule has 2 aliphatic rings. The molecule has 0 unspecified atom stereocenters. The first-order valence-electron chi connectivity index (χ1n) is 11.1. The van der Waals surface area contributed by atoms with Crippen molar-refractivity contribution in [2.75, 3.05) is 19.7 Å². The molecule has 0 aliphatic carbocycles. The number of nitrogens with zero attached hydrogens (tertiary/aromatic N) is 6. The first kappa shape index (κ1) is 24.5. The summed E-state index contributed by atoms with van der Waals surface area (Å²) in [5.41, 5.74) is 0.952. The highest BCUT2D eigenvalue weighted by molar-refractivity contribution is 6.32. The number of carbonyl (C=O) groups excluding carboxylic acids is 1. The number of rotatable bonds is 2. The van der Waals surface area contributed by atoms with Crippen molar-refractivity contribution >= 4 is 17.5 Å². The van der Waals surface area contributed by atoms with Gasteiger partial charge in [-0.2, -0.15) is 18.2 Å². The Kier molecular flexibility index (Phi) is 6.81. The maximum atomic E-state index is 13.0. The largest absolute Gasteiger partial charge is 0.492 e. The Labute approximate surface area is 207 Å². The maximum absolute atomic E-state index is 13.0. The molecular weight excluding hydrogens is 507 g/mol. The summed E-state index contributed by atoms with van der Waals surface area (Å²) in [5.74, 6) is -1.51. The number of hydrogen-bond donors (Lipinski definition) is 1. The van der Waals surface area contributed by atoms with Crippen LogP contribution >= 0.6 is 11.6 Å². The number of carbonyl (C=O) groups is 1. The summed E-state index contributed by atoms with van der Waals surface area (Å²) in [7, 11) is 0. The van der Waals surface area contributed by atoms with Gasteiger partial charge in [0.2, 0.25) is 5.89 Å². The SMILES string of the molecule is O=C1N[C@H]2CN(Cc3nc(C(F)(F)F)no3)C[C@@H]2OCc2cn(nn2)CCCOc2cc1ccc2Cl. The molecule has 0 spiro atoms. The Morgan fingerprint density at radius 3 is 2.92 bits per heavy atom. The van der Waals surface area contributed by atoms with E-state index in [4.69, 9.17) is 25.6 Å². The maximum Gasteiger partial charge on any atom is 0.455 e. The second-order valence-electron chi connectivity index (χ2n) is 8.45. The van der Waals surface area contributed by atoms with Crippen molar-refractivity contribution in [2.45, 2.75) is 44.4 Å². The quantitative estimate of drug-likeness (QED) is 0.535. The van der Waals surface area contributed by atoms with Gasteiger partial charge in [-0.3, -0.25) is 14.4 Å². The van der Waals surface area contributed by atoms with E-state index in [1.807, 2.05) is 0 Å². The fraction of sp³-hybridized carbons (Fsp3) is 0.476. The van der Waals surface area contributed by atoms with Gasteiger partial charge in [-0.05, 0) is 18.2 Å². The normalized spacial score (nSPS) is 21.6. The van der Waals surface area contributed by atoms with Gasteiger partial charge in [0, 0.05) is 31.6 Å². The highest BCUT2D eigenvalue weighted by Gasteiger charge is 2.39. The number of aromatic nitrogens is 5. The number of halogens is 4. The summed E-state index contributed by atoms with van der Waals surface area (Å²) in [6, 6.07) is 4.26. The number of hydrogen-bond acceptors (Lipinski definition) is 9. The van der Waals surface area contributed by atoms with E-state index in [2.05, 4.69) is 25.8 Å². The minimum atomic E-state index is -4.70. The van der Waals surface area contributed by atoms with E-state index in [1.54, 1.807) is 34.0 Å². The Hall–Kier alpha value is -3.23. The lowest BCUT2D eigenvalue weighted by atomic mass is 10.1. The Morgan fingerprint density at radius 1 is 1.25 bits per heavy atom. The first-order chi connectivity index (χ1) is 17.2. The van der Waals surface area contributed by atoms with Crippen molar-refractivity contribution in [3.8, 4) is 5.75 Å². The molecular formula is C21H21ClF3N7O4. The van der Waals surface area contributed by atoms with Gasteiger partial charge in [-0.1, -0.05) is 22.0 Å². The number of aryl methyl sites for hydroxylation is 1. The standard InChI is InChI=1S/C21H21ClF3N7O4/c22-14-3-2-12-6-16(14)34-5-1-4-32-7-13(28-30-32)11-35-17-9-31(8-15(17)26-19(12)33)10-18-27-20(29-36-18)21(23,24)25/h2-3,6-7,15,17H,1,4-5,8-11H2,(H,26,33)/t15-,17-/m0/s1. The van der Waals surface area contributed by atoms with Crippen molar-refractivity contribution < 1.29 is 32.0 Å². The van der Waals surface area contributed by atoms with Crippen LogP contribution in [0, 0.1) is 0 Å². The van der Waals surface area contributed by atoms with Crippen LogP contribution in [-0.4, -0.2) is 67.8 Å². The van der Waals surface area contributed by atoms with Crippen LogP contribution in [0.2, 0.25) is 5.02 Å². The molecule has 5 rings (SSSR count). The summed E-state index contributed by atoms with van der Waals surface area (Å²) >= 11 is 6.23. The molecule has 192 valence electrons. The average Bonchev–Trinajstić information content (AvgIpc) is 3.56. The van der Waals surface area contributed by atoms with Crippen LogP contribution in [0.1, 0.15) is 34.2 Å².